The maximum absolute atomic E-state index is 12.1. The number of aromatic nitrogens is 1. The molecule has 3 aromatic carbocycles. The van der Waals surface area contributed by atoms with E-state index in [1.54, 1.807) is 0 Å². The summed E-state index contributed by atoms with van der Waals surface area (Å²) >= 11 is 0. The van der Waals surface area contributed by atoms with Crippen LogP contribution in [0.3, 0.4) is 0 Å². The van der Waals surface area contributed by atoms with E-state index in [1.807, 2.05) is 97.2 Å². The van der Waals surface area contributed by atoms with Gasteiger partial charge in [-0.3, -0.25) is 14.6 Å². The Morgan fingerprint density at radius 3 is 2.32 bits per heavy atom. The number of pyridine rings is 1. The van der Waals surface area contributed by atoms with Crippen molar-refractivity contribution in [3.05, 3.63) is 125 Å². The largest absolute Gasteiger partial charge is 0.481 e. The number of aliphatic hydroxyl groups is 1. The minimum Gasteiger partial charge on any atom is -0.481 e. The summed E-state index contributed by atoms with van der Waals surface area (Å²) in [6.07, 6.45) is 1.52. The van der Waals surface area contributed by atoms with Crippen LogP contribution < -0.4 is 5.32 Å². The van der Waals surface area contributed by atoms with Crippen molar-refractivity contribution in [3.63, 3.8) is 0 Å². The molecule has 1 aliphatic rings. The van der Waals surface area contributed by atoms with Gasteiger partial charge in [0.25, 0.3) is 0 Å². The van der Waals surface area contributed by atoms with Gasteiger partial charge in [-0.15, -0.1) is 0 Å². The smallest absolute Gasteiger partial charge is 0.303 e. The summed E-state index contributed by atoms with van der Waals surface area (Å²) in [5.74, 6) is -1.22. The molecule has 3 N–H and O–H groups in total. The maximum atomic E-state index is 12.1. The molecule has 47 heavy (non-hydrogen) atoms. The number of likely N-dealkylation sites (N-methyl/N-ethyl adjacent to an activating group) is 1. The highest BCUT2D eigenvalue weighted by Gasteiger charge is 2.38. The Hall–Kier alpha value is -4.41. The summed E-state index contributed by atoms with van der Waals surface area (Å²) in [6, 6.07) is 29.8. The van der Waals surface area contributed by atoms with Crippen LogP contribution in [0.15, 0.2) is 97.2 Å². The van der Waals surface area contributed by atoms with Crippen molar-refractivity contribution in [1.29, 1.82) is 0 Å². The van der Waals surface area contributed by atoms with E-state index < -0.39 is 12.3 Å². The van der Waals surface area contributed by atoms with E-state index in [2.05, 4.69) is 29.2 Å². The predicted octanol–water partition coefficient (Wildman–Crippen LogP) is 5.69. The fraction of sp³-hybridized carbons (Fsp3) is 0.342. The van der Waals surface area contributed by atoms with Gasteiger partial charge in [-0.25, -0.2) is 0 Å². The van der Waals surface area contributed by atoms with Gasteiger partial charge in [0, 0.05) is 55.8 Å². The van der Waals surface area contributed by atoms with Crippen molar-refractivity contribution in [2.24, 2.45) is 5.92 Å². The van der Waals surface area contributed by atoms with E-state index >= 15 is 0 Å². The summed E-state index contributed by atoms with van der Waals surface area (Å²) in [7, 11) is 2.11. The van der Waals surface area contributed by atoms with Gasteiger partial charge in [-0.2, -0.15) is 0 Å². The van der Waals surface area contributed by atoms with Gasteiger partial charge >= 0.3 is 5.97 Å². The quantitative estimate of drug-likeness (QED) is 0.161. The standard InChI is InChI=1S/C38H43N3O6/c1-26-34(24-41(2)22-20-32-8-5-6-21-39-32)46-38(47-37(26)29-12-10-27(25-42)11-13-29)30-16-14-28(15-17-30)33-9-4-3-7-31(33)23-40-35(43)18-19-36(44)45/h3-17,21,26,34,37-38,42H,18-20,22-25H2,1-2H3,(H,40,43)(H,44,45)/t26-,34+,37+,38+/m1/s1. The van der Waals surface area contributed by atoms with E-state index in [1.165, 1.54) is 0 Å². The van der Waals surface area contributed by atoms with Gasteiger partial charge in [-0.1, -0.05) is 85.8 Å². The lowest BCUT2D eigenvalue weighted by atomic mass is 9.90. The molecule has 0 aliphatic carbocycles. The van der Waals surface area contributed by atoms with Gasteiger partial charge in [0.15, 0.2) is 6.29 Å². The summed E-state index contributed by atoms with van der Waals surface area (Å²) in [4.78, 5) is 29.7. The van der Waals surface area contributed by atoms with E-state index in [0.29, 0.717) is 6.54 Å². The Morgan fingerprint density at radius 2 is 1.62 bits per heavy atom. The molecular formula is C38H43N3O6. The lowest BCUT2D eigenvalue weighted by Gasteiger charge is -2.42. The number of aliphatic carboxylic acids is 1. The van der Waals surface area contributed by atoms with E-state index in [-0.39, 0.29) is 43.5 Å². The normalized spacial score (nSPS) is 19.4. The average Bonchev–Trinajstić information content (AvgIpc) is 3.10. The minimum absolute atomic E-state index is 0.0106. The minimum atomic E-state index is -0.995. The third kappa shape index (κ3) is 9.33. The zero-order valence-electron chi connectivity index (χ0n) is 26.9. The van der Waals surface area contributed by atoms with Crippen LogP contribution in [-0.4, -0.2) is 58.2 Å². The number of hydrogen-bond donors (Lipinski definition) is 3. The Bertz CT molecular complexity index is 1600. The first-order valence-corrected chi connectivity index (χ1v) is 16.1. The van der Waals surface area contributed by atoms with Gasteiger partial charge in [0.1, 0.15) is 0 Å². The summed E-state index contributed by atoms with van der Waals surface area (Å²) < 4.78 is 13.3. The number of carboxylic acid groups (broad SMARTS) is 1. The second-order valence-corrected chi connectivity index (χ2v) is 12.1. The van der Waals surface area contributed by atoms with Crippen molar-refractivity contribution in [1.82, 2.24) is 15.2 Å². The fourth-order valence-electron chi connectivity index (χ4n) is 5.86. The number of benzene rings is 3. The highest BCUT2D eigenvalue weighted by molar-refractivity contribution is 5.80. The van der Waals surface area contributed by atoms with E-state index in [9.17, 15) is 14.7 Å². The molecule has 1 fully saturated rings. The van der Waals surface area contributed by atoms with E-state index in [0.717, 1.165) is 58.6 Å². The summed E-state index contributed by atoms with van der Waals surface area (Å²) in [5, 5.41) is 21.3. The average molecular weight is 638 g/mol. The second-order valence-electron chi connectivity index (χ2n) is 12.1. The molecule has 0 spiro atoms. The number of nitrogens with one attached hydrogen (secondary N) is 1. The number of hydrogen-bond acceptors (Lipinski definition) is 7. The molecule has 0 unspecified atom stereocenters. The van der Waals surface area contributed by atoms with Crippen LogP contribution in [-0.2, 0) is 38.6 Å². The zero-order valence-corrected chi connectivity index (χ0v) is 26.9. The molecule has 5 rings (SSSR count). The Morgan fingerprint density at radius 1 is 0.894 bits per heavy atom. The lowest BCUT2D eigenvalue weighted by molar-refractivity contribution is -0.275. The number of nitrogens with zero attached hydrogens (tertiary/aromatic N) is 2. The van der Waals surface area contributed by atoms with Crippen LogP contribution in [0.4, 0.5) is 0 Å². The Labute approximate surface area is 276 Å². The van der Waals surface area contributed by atoms with Crippen LogP contribution >= 0.6 is 0 Å². The van der Waals surface area contributed by atoms with Gasteiger partial charge < -0.3 is 29.9 Å². The van der Waals surface area contributed by atoms with Gasteiger partial charge in [-0.05, 0) is 47.0 Å². The van der Waals surface area contributed by atoms with Crippen LogP contribution in [0.5, 0.6) is 0 Å². The van der Waals surface area contributed by atoms with Gasteiger partial charge in [0.2, 0.25) is 5.91 Å². The summed E-state index contributed by atoms with van der Waals surface area (Å²) in [5.41, 5.74) is 6.75. The molecule has 246 valence electrons. The molecule has 0 radical (unpaired) electrons. The number of carboxylic acids is 1. The molecule has 9 nitrogen and oxygen atoms in total. The van der Waals surface area contributed by atoms with Crippen LogP contribution in [0, 0.1) is 5.92 Å². The Kier molecular flexibility index (Phi) is 11.9. The van der Waals surface area contributed by atoms with E-state index in [4.69, 9.17) is 14.6 Å². The summed E-state index contributed by atoms with van der Waals surface area (Å²) in [6.45, 7) is 4.03. The van der Waals surface area contributed by atoms with Crippen LogP contribution in [0.25, 0.3) is 11.1 Å². The Balaban J connectivity index is 1.32. The molecule has 4 atom stereocenters. The van der Waals surface area contributed by atoms with Crippen molar-refractivity contribution in [2.45, 2.75) is 57.8 Å². The second kappa shape index (κ2) is 16.4. The predicted molar refractivity (Wildman–Crippen MR) is 179 cm³/mol. The number of aliphatic hydroxyl groups excluding tert-OH is 1. The highest BCUT2D eigenvalue weighted by atomic mass is 16.7. The molecule has 9 heteroatoms. The third-order valence-electron chi connectivity index (χ3n) is 8.64. The molecule has 2 heterocycles. The third-order valence-corrected chi connectivity index (χ3v) is 8.64. The number of ether oxygens (including phenoxy) is 2. The first-order valence-electron chi connectivity index (χ1n) is 16.1. The van der Waals surface area contributed by atoms with Crippen molar-refractivity contribution < 1.29 is 29.3 Å². The maximum Gasteiger partial charge on any atom is 0.303 e. The molecular weight excluding hydrogens is 594 g/mol. The topological polar surface area (TPSA) is 121 Å². The first kappa shape index (κ1) is 33.9. The zero-order chi connectivity index (χ0) is 33.2. The number of amides is 1. The van der Waals surface area contributed by atoms with Gasteiger partial charge in [0.05, 0.1) is 25.2 Å². The van der Waals surface area contributed by atoms with Crippen molar-refractivity contribution >= 4 is 11.9 Å². The van der Waals surface area contributed by atoms with Crippen LogP contribution in [0.1, 0.15) is 60.1 Å². The molecule has 1 saturated heterocycles. The van der Waals surface area contributed by atoms with Crippen LogP contribution in [0.2, 0.25) is 0 Å². The fourth-order valence-corrected chi connectivity index (χ4v) is 5.86. The highest BCUT2D eigenvalue weighted by Crippen LogP contribution is 2.42. The SMILES string of the molecule is C[C@@H]1[C@H](CN(C)CCc2ccccn2)O[C@H](c2ccc(-c3ccccc3CNC(=O)CCC(=O)O)cc2)O[C@@H]1c1ccc(CO)cc1. The lowest BCUT2D eigenvalue weighted by Crippen LogP contribution is -2.43. The molecule has 4 aromatic rings. The molecule has 1 aromatic heterocycles. The van der Waals surface area contributed by atoms with Crippen molar-refractivity contribution in [3.8, 4) is 11.1 Å². The monoisotopic (exact) mass is 637 g/mol. The molecule has 1 aliphatic heterocycles. The number of carbonyl (C=O) groups excluding carboxylic acids is 1. The molecule has 1 amide bonds. The first-order chi connectivity index (χ1) is 22.8. The van der Waals surface area contributed by atoms with Crippen molar-refractivity contribution in [2.75, 3.05) is 20.1 Å². The number of carbonyl (C=O) groups is 2. The molecule has 0 saturated carbocycles. The molecule has 0 bridgehead atoms. The number of rotatable bonds is 14.